The summed E-state index contributed by atoms with van der Waals surface area (Å²) in [5.74, 6) is -0.585. The van der Waals surface area contributed by atoms with Crippen molar-refractivity contribution in [1.29, 1.82) is 0 Å². The fourth-order valence-corrected chi connectivity index (χ4v) is 5.17. The first-order chi connectivity index (χ1) is 13.3. The van der Waals surface area contributed by atoms with Crippen molar-refractivity contribution in [2.75, 3.05) is 30.3 Å². The van der Waals surface area contributed by atoms with Gasteiger partial charge in [0.2, 0.25) is 9.84 Å². The van der Waals surface area contributed by atoms with Gasteiger partial charge >= 0.3 is 0 Å². The van der Waals surface area contributed by atoms with Gasteiger partial charge in [0.25, 0.3) is 0 Å². The molecule has 1 saturated heterocycles. The van der Waals surface area contributed by atoms with Gasteiger partial charge in [0, 0.05) is 19.5 Å². The zero-order chi connectivity index (χ0) is 20.1. The molecule has 1 aliphatic heterocycles. The van der Waals surface area contributed by atoms with Crippen molar-refractivity contribution in [1.82, 2.24) is 15.0 Å². The van der Waals surface area contributed by atoms with E-state index < -0.39 is 28.3 Å². The number of morpholine rings is 1. The third-order valence-electron chi connectivity index (χ3n) is 4.74. The minimum atomic E-state index is -4.25. The molecule has 11 heteroatoms. The number of rotatable bonds is 3. The Kier molecular flexibility index (Phi) is 4.58. The van der Waals surface area contributed by atoms with Crippen molar-refractivity contribution in [3.05, 3.63) is 29.2 Å². The summed E-state index contributed by atoms with van der Waals surface area (Å²) in [7, 11) is -4.25. The summed E-state index contributed by atoms with van der Waals surface area (Å²) in [5, 5.41) is 0. The van der Waals surface area contributed by atoms with Crippen LogP contribution in [0.25, 0.3) is 11.0 Å². The Morgan fingerprint density at radius 2 is 2.18 bits per heavy atom. The summed E-state index contributed by atoms with van der Waals surface area (Å²) in [6.45, 7) is 3.57. The van der Waals surface area contributed by atoms with E-state index >= 15 is 0 Å². The lowest BCUT2D eigenvalue weighted by Gasteiger charge is -2.32. The van der Waals surface area contributed by atoms with E-state index in [0.29, 0.717) is 31.0 Å². The van der Waals surface area contributed by atoms with Crippen LogP contribution in [0, 0.1) is 0 Å². The number of nitrogens with zero attached hydrogens (tertiary/aromatic N) is 3. The van der Waals surface area contributed by atoms with Gasteiger partial charge in [0.15, 0.2) is 5.82 Å². The average Bonchev–Trinajstić information content (AvgIpc) is 2.97. The molecule has 3 N–H and O–H groups in total. The van der Waals surface area contributed by atoms with Crippen molar-refractivity contribution in [3.63, 3.8) is 0 Å². The number of nitrogens with one attached hydrogen (secondary N) is 1. The molecule has 1 aliphatic carbocycles. The number of alkyl halides is 1. The molecule has 0 amide bonds. The van der Waals surface area contributed by atoms with Crippen LogP contribution in [0.1, 0.15) is 13.3 Å². The van der Waals surface area contributed by atoms with Gasteiger partial charge in [0.1, 0.15) is 40.1 Å². The van der Waals surface area contributed by atoms with E-state index in [0.717, 1.165) is 12.2 Å². The summed E-state index contributed by atoms with van der Waals surface area (Å²) in [4.78, 5) is 12.5. The predicted octanol–water partition coefficient (Wildman–Crippen LogP) is 2.02. The van der Waals surface area contributed by atoms with E-state index in [1.54, 1.807) is 0 Å². The molecular weight excluding hydrogens is 392 g/mol. The highest BCUT2D eigenvalue weighted by molar-refractivity contribution is 7.95. The highest BCUT2D eigenvalue weighted by Crippen LogP contribution is 2.38. The SMILES string of the molecule is CC1CN(c2ncnc3c(S(=O)(=O)C4=CC(F)=CC(F)C4)c(N)[nH]c23)CCO1. The van der Waals surface area contributed by atoms with Gasteiger partial charge in [-0.2, -0.15) is 0 Å². The lowest BCUT2D eigenvalue weighted by molar-refractivity contribution is 0.0530. The van der Waals surface area contributed by atoms with Gasteiger partial charge in [-0.05, 0) is 19.1 Å². The van der Waals surface area contributed by atoms with Crippen LogP contribution >= 0.6 is 0 Å². The number of nitrogens with two attached hydrogens (primary N) is 1. The van der Waals surface area contributed by atoms with E-state index in [9.17, 15) is 17.2 Å². The summed E-state index contributed by atoms with van der Waals surface area (Å²) in [5.41, 5.74) is 6.42. The van der Waals surface area contributed by atoms with Crippen molar-refractivity contribution in [2.45, 2.75) is 30.5 Å². The number of nitrogen functional groups attached to an aromatic ring is 1. The van der Waals surface area contributed by atoms with Gasteiger partial charge in [-0.15, -0.1) is 0 Å². The third-order valence-corrected chi connectivity index (χ3v) is 6.66. The van der Waals surface area contributed by atoms with E-state index in [2.05, 4.69) is 15.0 Å². The van der Waals surface area contributed by atoms with Crippen molar-refractivity contribution >= 4 is 32.5 Å². The normalized spacial score (nSPS) is 23.6. The molecule has 3 heterocycles. The second-order valence-electron chi connectivity index (χ2n) is 6.80. The van der Waals surface area contributed by atoms with E-state index in [1.165, 1.54) is 6.33 Å². The predicted molar refractivity (Wildman–Crippen MR) is 99.9 cm³/mol. The Hall–Kier alpha value is -2.53. The van der Waals surface area contributed by atoms with Crippen LogP contribution in [-0.2, 0) is 14.6 Å². The number of aromatic amines is 1. The van der Waals surface area contributed by atoms with Crippen LogP contribution < -0.4 is 10.6 Å². The summed E-state index contributed by atoms with van der Waals surface area (Å²) >= 11 is 0. The molecule has 2 aliphatic rings. The molecule has 0 bridgehead atoms. The second kappa shape index (κ2) is 6.82. The minimum Gasteiger partial charge on any atom is -0.384 e. The zero-order valence-electron chi connectivity index (χ0n) is 15.0. The number of sulfone groups is 1. The molecule has 0 aromatic carbocycles. The van der Waals surface area contributed by atoms with Gasteiger partial charge in [-0.1, -0.05) is 0 Å². The molecule has 4 rings (SSSR count). The molecule has 0 radical (unpaired) electrons. The Morgan fingerprint density at radius 3 is 2.89 bits per heavy atom. The van der Waals surface area contributed by atoms with Crippen molar-refractivity contribution in [2.24, 2.45) is 0 Å². The molecule has 2 aromatic heterocycles. The largest absolute Gasteiger partial charge is 0.384 e. The standard InChI is InChI=1S/C17H19F2N5O3S/c1-9-7-24(2-3-27-9)17-14-13(21-8-22-17)15(16(20)23-14)28(25,26)12-5-10(18)4-11(19)6-12/h4-5,8-9,11,23H,2-3,6-7,20H2,1H3. The van der Waals surface area contributed by atoms with Gasteiger partial charge < -0.3 is 20.4 Å². The van der Waals surface area contributed by atoms with Crippen LogP contribution in [0.4, 0.5) is 20.4 Å². The smallest absolute Gasteiger partial charge is 0.208 e. The van der Waals surface area contributed by atoms with Gasteiger partial charge in [-0.25, -0.2) is 27.2 Å². The molecule has 1 fully saturated rings. The van der Waals surface area contributed by atoms with Crippen LogP contribution in [0.5, 0.6) is 0 Å². The van der Waals surface area contributed by atoms with E-state index in [1.807, 2.05) is 11.8 Å². The first-order valence-corrected chi connectivity index (χ1v) is 10.2. The molecule has 0 saturated carbocycles. The average molecular weight is 411 g/mol. The maximum absolute atomic E-state index is 13.7. The minimum absolute atomic E-state index is 0.0158. The van der Waals surface area contributed by atoms with E-state index in [4.69, 9.17) is 10.5 Å². The zero-order valence-corrected chi connectivity index (χ0v) is 15.8. The molecule has 2 atom stereocenters. The molecule has 0 spiro atoms. The van der Waals surface area contributed by atoms with Crippen LogP contribution in [0.15, 0.2) is 34.1 Å². The maximum atomic E-state index is 13.7. The quantitative estimate of drug-likeness (QED) is 0.794. The Labute approximate surface area is 160 Å². The van der Waals surface area contributed by atoms with Gasteiger partial charge in [0.05, 0.1) is 17.6 Å². The van der Waals surface area contributed by atoms with Crippen LogP contribution in [-0.4, -0.2) is 55.3 Å². The topological polar surface area (TPSA) is 114 Å². The number of hydrogen-bond donors (Lipinski definition) is 2. The summed E-state index contributed by atoms with van der Waals surface area (Å²) < 4.78 is 59.0. The molecule has 28 heavy (non-hydrogen) atoms. The third kappa shape index (κ3) is 3.14. The first-order valence-electron chi connectivity index (χ1n) is 8.73. The lowest BCUT2D eigenvalue weighted by atomic mass is 10.1. The number of anilines is 2. The number of ether oxygens (including phenoxy) is 1. The Bertz CT molecular complexity index is 1100. The fraction of sp³-hybridized carbons (Fsp3) is 0.412. The highest BCUT2D eigenvalue weighted by Gasteiger charge is 2.33. The number of allylic oxidation sites excluding steroid dienone is 4. The number of aromatic nitrogens is 3. The van der Waals surface area contributed by atoms with Crippen LogP contribution in [0.3, 0.4) is 0 Å². The summed E-state index contributed by atoms with van der Waals surface area (Å²) in [6, 6.07) is 0. The number of halogens is 2. The van der Waals surface area contributed by atoms with Crippen molar-refractivity contribution in [3.8, 4) is 0 Å². The molecular formula is C17H19F2N5O3S. The monoisotopic (exact) mass is 411 g/mol. The fourth-order valence-electron chi connectivity index (χ4n) is 3.51. The Balaban J connectivity index is 1.84. The summed E-state index contributed by atoms with van der Waals surface area (Å²) in [6.07, 6.45) is 0.602. The van der Waals surface area contributed by atoms with Crippen LogP contribution in [0.2, 0.25) is 0 Å². The lowest BCUT2D eigenvalue weighted by Crippen LogP contribution is -2.41. The Morgan fingerprint density at radius 1 is 1.39 bits per heavy atom. The number of H-pyrrole nitrogens is 1. The number of hydrogen-bond acceptors (Lipinski definition) is 7. The molecule has 2 unspecified atom stereocenters. The second-order valence-corrected chi connectivity index (χ2v) is 8.74. The van der Waals surface area contributed by atoms with Gasteiger partial charge in [-0.3, -0.25) is 0 Å². The molecule has 8 nitrogen and oxygen atoms in total. The first kappa shape index (κ1) is 18.8. The highest BCUT2D eigenvalue weighted by atomic mass is 32.2. The molecule has 2 aromatic rings. The molecule has 150 valence electrons. The number of fused-ring (bicyclic) bond motifs is 1. The van der Waals surface area contributed by atoms with E-state index in [-0.39, 0.29) is 27.2 Å². The van der Waals surface area contributed by atoms with Crippen molar-refractivity contribution < 1.29 is 21.9 Å². The maximum Gasteiger partial charge on any atom is 0.208 e.